The van der Waals surface area contributed by atoms with Gasteiger partial charge in [-0.15, -0.1) is 0 Å². The third kappa shape index (κ3) is 7.38. The summed E-state index contributed by atoms with van der Waals surface area (Å²) in [4.78, 5) is 4.76. The van der Waals surface area contributed by atoms with Crippen molar-refractivity contribution in [3.63, 3.8) is 0 Å². The van der Waals surface area contributed by atoms with Crippen molar-refractivity contribution in [2.75, 3.05) is 0 Å². The second-order valence-electron chi connectivity index (χ2n) is 19.4. The Morgan fingerprint density at radius 2 is 1.29 bits per heavy atom. The molecule has 1 unspecified atom stereocenters. The number of fused-ring (bicyclic) bond motifs is 5. The Kier molecular flexibility index (Phi) is 9.36. The van der Waals surface area contributed by atoms with E-state index in [1.54, 1.807) is 10.8 Å². The first kappa shape index (κ1) is 37.6. The monoisotopic (exact) mass is 1040 g/mol. The van der Waals surface area contributed by atoms with Gasteiger partial charge in [0.2, 0.25) is 0 Å². The van der Waals surface area contributed by atoms with Gasteiger partial charge in [0.1, 0.15) is 0 Å². The number of benzene rings is 7. The summed E-state index contributed by atoms with van der Waals surface area (Å²) < 4.78 is 49.9. The van der Waals surface area contributed by atoms with Crippen LogP contribution in [0.1, 0.15) is 88.2 Å². The Morgan fingerprint density at radius 3 is 1.98 bits per heavy atom. The number of hydrogen-bond donors (Lipinski definition) is 0. The molecule has 1 aliphatic rings. The summed E-state index contributed by atoms with van der Waals surface area (Å²) in [6, 6.07) is 53.3. The van der Waals surface area contributed by atoms with Gasteiger partial charge in [0.05, 0.1) is 5.48 Å². The number of rotatable bonds is 7. The van der Waals surface area contributed by atoms with Crippen molar-refractivity contribution in [3.8, 4) is 45.3 Å². The van der Waals surface area contributed by atoms with Crippen molar-refractivity contribution in [1.82, 2.24) is 18.7 Å². The van der Waals surface area contributed by atoms with E-state index >= 15 is 0 Å². The fourth-order valence-corrected chi connectivity index (χ4v) is 10.8. The first-order valence-electron chi connectivity index (χ1n) is 24.7. The summed E-state index contributed by atoms with van der Waals surface area (Å²) in [5, 5.41) is 1.05. The standard InChI is InChI=1S/C60H52N4O.Pt/c1-59(2,3)43-32-33-61-57(36-43)64-53-24-14-13-23-47(53)48-31-30-46(38-56(48)64)65-45-29-28-42-22-17-27-52(49(42)37-45)62-39-63(55-26-16-15-25-54(55)62)58-50(40-18-9-7-10-19-40)34-44(60(4,5)6)35-51(58)41-20-11-8-12-21-41;/h7-16,18-21,23-26,28-36,52H,17,22,27H2,1-6H3;/q-2;/i13D,14D,23D,24D;. The molecule has 10 aromatic rings. The van der Waals surface area contributed by atoms with Crippen molar-refractivity contribution >= 4 is 32.8 Å². The molecular weight excluding hydrogens is 988 g/mol. The summed E-state index contributed by atoms with van der Waals surface area (Å²) in [5.74, 6) is 1.52. The molecule has 330 valence electrons. The Labute approximate surface area is 404 Å². The topological polar surface area (TPSA) is 36.9 Å². The summed E-state index contributed by atoms with van der Waals surface area (Å²) in [7, 11) is 0. The minimum atomic E-state index is -0.300. The predicted molar refractivity (Wildman–Crippen MR) is 267 cm³/mol. The second-order valence-corrected chi connectivity index (χ2v) is 20.4. The average Bonchev–Trinajstić information content (AvgIpc) is 3.85. The number of nitrogens with zero attached hydrogens (tertiary/aromatic N) is 4. The summed E-state index contributed by atoms with van der Waals surface area (Å²) >= 11 is 2.55. The number of ether oxygens (including phenoxy) is 1. The van der Waals surface area contributed by atoms with Crippen LogP contribution in [-0.2, 0) is 36.6 Å². The van der Waals surface area contributed by atoms with Crippen molar-refractivity contribution in [2.45, 2.75) is 77.7 Å². The van der Waals surface area contributed by atoms with Crippen LogP contribution >= 0.6 is 0 Å². The molecule has 0 saturated heterocycles. The van der Waals surface area contributed by atoms with Crippen molar-refractivity contribution < 1.29 is 29.6 Å². The molecule has 0 radical (unpaired) electrons. The number of imidazole rings is 1. The van der Waals surface area contributed by atoms with Crippen LogP contribution in [0.2, 0.25) is 0 Å². The quantitative estimate of drug-likeness (QED) is 0.149. The molecule has 0 saturated carbocycles. The molecular formula is C60H52N4OPt-2. The molecule has 6 heteroatoms. The smallest absolute Gasteiger partial charge is 0.239 e. The maximum atomic E-state index is 9.09. The SMILES string of the molecule is [2H]c1c([2H])c([2H])c2c(c1[2H])c1ccc(Oc3[c-]c4c(cc3)CCCC4n3[c](=[Pt])n(-c4c(-c5ccccc5)cc(C(C)(C)C)cc4-c4ccccc4)c4ccccc43)[c-]c1n2-c1cc(C(C)(C)C)ccn1. The van der Waals surface area contributed by atoms with Crippen molar-refractivity contribution in [1.29, 1.82) is 0 Å². The average molecular weight is 1040 g/mol. The van der Waals surface area contributed by atoms with Gasteiger partial charge in [-0.2, -0.15) is 0 Å². The number of aromatic nitrogens is 4. The molecule has 1 aliphatic carbocycles. The number of para-hydroxylation sites is 3. The third-order valence-corrected chi connectivity index (χ3v) is 14.1. The molecule has 0 fully saturated rings. The van der Waals surface area contributed by atoms with Crippen molar-refractivity contribution in [2.24, 2.45) is 0 Å². The van der Waals surface area contributed by atoms with Crippen LogP contribution in [0.25, 0.3) is 66.6 Å². The first-order chi connectivity index (χ1) is 33.6. The first-order valence-corrected chi connectivity index (χ1v) is 23.9. The molecule has 3 aromatic heterocycles. The van der Waals surface area contributed by atoms with Crippen LogP contribution in [0, 0.1) is 15.9 Å². The molecule has 0 amide bonds. The van der Waals surface area contributed by atoms with Gasteiger partial charge in [-0.3, -0.25) is 0 Å². The van der Waals surface area contributed by atoms with E-state index in [0.29, 0.717) is 39.1 Å². The van der Waals surface area contributed by atoms with E-state index in [1.807, 2.05) is 30.3 Å². The Morgan fingerprint density at radius 1 is 0.652 bits per heavy atom. The van der Waals surface area contributed by atoms with E-state index in [2.05, 4.69) is 185 Å². The fourth-order valence-electron chi connectivity index (χ4n) is 9.65. The summed E-state index contributed by atoms with van der Waals surface area (Å²) in [6.07, 6.45) is 4.63. The van der Waals surface area contributed by atoms with E-state index < -0.39 is 0 Å². The van der Waals surface area contributed by atoms with Gasteiger partial charge < -0.3 is 0 Å². The zero-order chi connectivity index (χ0) is 48.8. The number of hydrogen-bond acceptors (Lipinski definition) is 2. The number of pyridine rings is 1. The molecule has 1 atom stereocenters. The van der Waals surface area contributed by atoms with Crippen LogP contribution < -0.4 is 4.74 Å². The molecule has 66 heavy (non-hydrogen) atoms. The van der Waals surface area contributed by atoms with Crippen LogP contribution in [0.15, 0.2) is 164 Å². The molecule has 0 bridgehead atoms. The van der Waals surface area contributed by atoms with Crippen LogP contribution in [0.5, 0.6) is 11.5 Å². The molecule has 11 rings (SSSR count). The normalized spacial score (nSPS) is 15.1. The summed E-state index contributed by atoms with van der Waals surface area (Å²) in [6.45, 7) is 13.3. The Balaban J connectivity index is 1.07. The maximum absolute atomic E-state index is 9.09. The van der Waals surface area contributed by atoms with Crippen LogP contribution in [-0.4, -0.2) is 18.7 Å². The van der Waals surface area contributed by atoms with Gasteiger partial charge >= 0.3 is 321 Å². The van der Waals surface area contributed by atoms with Gasteiger partial charge in [-0.05, 0) is 29.2 Å². The van der Waals surface area contributed by atoms with Gasteiger partial charge in [-0.1, -0.05) is 38.9 Å². The van der Waals surface area contributed by atoms with Crippen molar-refractivity contribution in [3.05, 3.63) is 202 Å². The Hall–Kier alpha value is -6.55. The van der Waals surface area contributed by atoms with E-state index in [1.165, 1.54) is 22.3 Å². The summed E-state index contributed by atoms with van der Waals surface area (Å²) in [5.41, 5.74) is 13.3. The molecule has 7 aromatic carbocycles. The Bertz CT molecular complexity index is 3710. The van der Waals surface area contributed by atoms with Crippen LogP contribution in [0.4, 0.5) is 0 Å². The van der Waals surface area contributed by atoms with E-state index in [-0.39, 0.29) is 41.0 Å². The second kappa shape index (κ2) is 16.4. The minimum Gasteiger partial charge on any atom is -0.239 e. The molecule has 0 spiro atoms. The molecule has 3 heterocycles. The van der Waals surface area contributed by atoms with Gasteiger partial charge in [0.15, 0.2) is 0 Å². The van der Waals surface area contributed by atoms with Crippen LogP contribution in [0.3, 0.4) is 0 Å². The van der Waals surface area contributed by atoms with Gasteiger partial charge in [0.25, 0.3) is 0 Å². The minimum absolute atomic E-state index is 0.0422. The predicted octanol–water partition coefficient (Wildman–Crippen LogP) is 15.3. The van der Waals surface area contributed by atoms with E-state index in [4.69, 9.17) is 15.2 Å². The third-order valence-electron chi connectivity index (χ3n) is 13.1. The van der Waals surface area contributed by atoms with E-state index in [9.17, 15) is 0 Å². The molecule has 0 N–H and O–H groups in total. The van der Waals surface area contributed by atoms with E-state index in [0.717, 1.165) is 62.0 Å². The fraction of sp³-hybridized carbons (Fsp3) is 0.200. The molecule has 5 nitrogen and oxygen atoms in total. The number of aryl methyl sites for hydroxylation is 1. The van der Waals surface area contributed by atoms with Gasteiger partial charge in [-0.25, -0.2) is 4.98 Å². The zero-order valence-corrected chi connectivity index (χ0v) is 40.3. The molecule has 0 aliphatic heterocycles. The van der Waals surface area contributed by atoms with Gasteiger partial charge in [0, 0.05) is 6.20 Å². The zero-order valence-electron chi connectivity index (χ0n) is 42.0.